The third kappa shape index (κ3) is 4.37. The lowest BCUT2D eigenvalue weighted by molar-refractivity contribution is -0.144. The first-order valence-electron chi connectivity index (χ1n) is 13.2. The minimum atomic E-state index is -4.71. The third-order valence-corrected chi connectivity index (χ3v) is 9.47. The number of aryl methyl sites for hydroxylation is 1. The number of halogens is 3. The van der Waals surface area contributed by atoms with Gasteiger partial charge in [0.1, 0.15) is 5.69 Å². The second kappa shape index (κ2) is 9.34. The van der Waals surface area contributed by atoms with Gasteiger partial charge < -0.3 is 10.6 Å². The Morgan fingerprint density at radius 2 is 1.85 bits per heavy atom. The number of nitrogens with zero attached hydrogens (tertiary/aromatic N) is 3. The Hall–Kier alpha value is -3.38. The number of alkyl halides is 3. The standard InChI is InChI=1S/C28H28F3N5O3S/c1-13-10-18(28(29,30)31)35-22(19(13)24(37)34-14-4-7-32-8-5-14)16-6-9-33-17-11-15(40-23(16)17)12-36-25(38)20-21(26(36)39)27(20,2)3/h6,9-11,14,20-21,32H,4-5,7-8,12H2,1-3H3,(H,34,37). The van der Waals surface area contributed by atoms with Gasteiger partial charge in [-0.3, -0.25) is 24.3 Å². The van der Waals surface area contributed by atoms with Crippen molar-refractivity contribution in [2.24, 2.45) is 17.3 Å². The minimum Gasteiger partial charge on any atom is -0.349 e. The van der Waals surface area contributed by atoms with Crippen molar-refractivity contribution in [3.05, 3.63) is 46.1 Å². The fourth-order valence-corrected chi connectivity index (χ4v) is 7.21. The molecule has 5 heterocycles. The number of aromatic nitrogens is 2. The molecule has 3 aromatic heterocycles. The molecular weight excluding hydrogens is 543 g/mol. The van der Waals surface area contributed by atoms with E-state index in [0.29, 0.717) is 20.7 Å². The molecule has 2 aliphatic heterocycles. The van der Waals surface area contributed by atoms with Gasteiger partial charge in [-0.2, -0.15) is 13.2 Å². The molecule has 210 valence electrons. The number of thiophene rings is 1. The fraction of sp³-hybridized carbons (Fsp3) is 0.464. The van der Waals surface area contributed by atoms with Crippen LogP contribution in [0.25, 0.3) is 21.5 Å². The zero-order valence-electron chi connectivity index (χ0n) is 22.2. The number of hydrogen-bond donors (Lipinski definition) is 2. The Morgan fingerprint density at radius 1 is 1.18 bits per heavy atom. The summed E-state index contributed by atoms with van der Waals surface area (Å²) in [6.07, 6.45) is -1.81. The van der Waals surface area contributed by atoms with Crippen LogP contribution in [0.5, 0.6) is 0 Å². The molecule has 2 unspecified atom stereocenters. The van der Waals surface area contributed by atoms with E-state index in [1.165, 1.54) is 29.4 Å². The van der Waals surface area contributed by atoms with Crippen LogP contribution in [0.4, 0.5) is 13.2 Å². The quantitative estimate of drug-likeness (QED) is 0.443. The highest BCUT2D eigenvalue weighted by Gasteiger charge is 2.72. The number of piperidine rings is 2. The Bertz CT molecular complexity index is 1540. The van der Waals surface area contributed by atoms with Crippen LogP contribution in [0.15, 0.2) is 24.4 Å². The van der Waals surface area contributed by atoms with E-state index in [4.69, 9.17) is 0 Å². The van der Waals surface area contributed by atoms with Gasteiger partial charge in [0.05, 0.1) is 39.9 Å². The highest BCUT2D eigenvalue weighted by atomic mass is 32.1. The van der Waals surface area contributed by atoms with E-state index < -0.39 is 17.8 Å². The van der Waals surface area contributed by atoms with E-state index in [9.17, 15) is 27.6 Å². The van der Waals surface area contributed by atoms with Crippen LogP contribution >= 0.6 is 11.3 Å². The van der Waals surface area contributed by atoms with Crippen molar-refractivity contribution in [2.45, 2.75) is 52.4 Å². The number of rotatable bonds is 5. The average Bonchev–Trinajstić information content (AvgIpc) is 3.13. The monoisotopic (exact) mass is 571 g/mol. The molecule has 3 aliphatic rings. The lowest BCUT2D eigenvalue weighted by atomic mass is 9.98. The molecule has 2 atom stereocenters. The molecule has 0 aromatic carbocycles. The first-order chi connectivity index (χ1) is 18.9. The Labute approximate surface area is 232 Å². The maximum Gasteiger partial charge on any atom is 0.433 e. The molecule has 3 fully saturated rings. The molecule has 12 heteroatoms. The first-order valence-corrected chi connectivity index (χ1v) is 14.0. The number of carbonyl (C=O) groups is 3. The highest BCUT2D eigenvalue weighted by molar-refractivity contribution is 7.19. The summed E-state index contributed by atoms with van der Waals surface area (Å²) in [4.78, 5) is 49.5. The largest absolute Gasteiger partial charge is 0.433 e. The number of amides is 3. The second-order valence-electron chi connectivity index (χ2n) is 11.4. The fourth-order valence-electron chi connectivity index (χ4n) is 6.09. The van der Waals surface area contributed by atoms with Crippen molar-refractivity contribution in [3.63, 3.8) is 0 Å². The normalized spacial score (nSPS) is 22.6. The summed E-state index contributed by atoms with van der Waals surface area (Å²) in [5.74, 6) is -1.48. The van der Waals surface area contributed by atoms with Crippen LogP contribution in [0.1, 0.15) is 53.2 Å². The van der Waals surface area contributed by atoms with Crippen LogP contribution in [0.3, 0.4) is 0 Å². The molecule has 0 spiro atoms. The van der Waals surface area contributed by atoms with E-state index >= 15 is 0 Å². The summed E-state index contributed by atoms with van der Waals surface area (Å²) in [6, 6.07) is 4.08. The van der Waals surface area contributed by atoms with Gasteiger partial charge in [-0.05, 0) is 62.0 Å². The molecular formula is C28H28F3N5O3S. The summed E-state index contributed by atoms with van der Waals surface area (Å²) in [5.41, 5.74) is -0.400. The Kier molecular flexibility index (Phi) is 6.26. The number of pyridine rings is 2. The van der Waals surface area contributed by atoms with E-state index in [0.717, 1.165) is 32.0 Å². The topological polar surface area (TPSA) is 104 Å². The predicted octanol–water partition coefficient (Wildman–Crippen LogP) is 4.31. The summed E-state index contributed by atoms with van der Waals surface area (Å²) in [6.45, 7) is 6.85. The molecule has 2 saturated heterocycles. The maximum absolute atomic E-state index is 13.8. The van der Waals surface area contributed by atoms with Crippen molar-refractivity contribution in [3.8, 4) is 11.3 Å². The van der Waals surface area contributed by atoms with Crippen LogP contribution in [0, 0.1) is 24.2 Å². The smallest absolute Gasteiger partial charge is 0.349 e. The lowest BCUT2D eigenvalue weighted by Crippen LogP contribution is -2.43. The van der Waals surface area contributed by atoms with Gasteiger partial charge in [0.2, 0.25) is 11.8 Å². The molecule has 8 nitrogen and oxygen atoms in total. The zero-order valence-corrected chi connectivity index (χ0v) is 23.0. The Morgan fingerprint density at radius 3 is 2.50 bits per heavy atom. The van der Waals surface area contributed by atoms with E-state index in [1.54, 1.807) is 12.1 Å². The van der Waals surface area contributed by atoms with E-state index in [2.05, 4.69) is 20.6 Å². The molecule has 1 aliphatic carbocycles. The number of fused-ring (bicyclic) bond motifs is 2. The van der Waals surface area contributed by atoms with E-state index in [1.807, 2.05) is 13.8 Å². The third-order valence-electron chi connectivity index (χ3n) is 8.33. The van der Waals surface area contributed by atoms with Crippen molar-refractivity contribution >= 4 is 39.3 Å². The van der Waals surface area contributed by atoms with Crippen molar-refractivity contribution in [1.82, 2.24) is 25.5 Å². The number of carbonyl (C=O) groups excluding carboxylic acids is 3. The van der Waals surface area contributed by atoms with E-state index in [-0.39, 0.29) is 58.5 Å². The summed E-state index contributed by atoms with van der Waals surface area (Å²) in [7, 11) is 0. The average molecular weight is 572 g/mol. The van der Waals surface area contributed by atoms with Crippen LogP contribution in [-0.4, -0.2) is 51.7 Å². The second-order valence-corrected chi connectivity index (χ2v) is 12.5. The zero-order chi connectivity index (χ0) is 28.6. The van der Waals surface area contributed by atoms with Crippen molar-refractivity contribution in [1.29, 1.82) is 0 Å². The predicted molar refractivity (Wildman–Crippen MR) is 142 cm³/mol. The summed E-state index contributed by atoms with van der Waals surface area (Å²) >= 11 is 1.23. The van der Waals surface area contributed by atoms with Crippen LogP contribution in [0.2, 0.25) is 0 Å². The van der Waals surface area contributed by atoms with Gasteiger partial charge in [0.25, 0.3) is 5.91 Å². The molecule has 2 N–H and O–H groups in total. The molecule has 0 bridgehead atoms. The summed E-state index contributed by atoms with van der Waals surface area (Å²) < 4.78 is 42.0. The van der Waals surface area contributed by atoms with Gasteiger partial charge in [0.15, 0.2) is 0 Å². The SMILES string of the molecule is Cc1cc(C(F)(F)F)nc(-c2ccnc3cc(CN4C(=O)C5C(C4=O)C5(C)C)sc23)c1C(=O)NC1CCNCC1. The van der Waals surface area contributed by atoms with Gasteiger partial charge in [0, 0.05) is 22.7 Å². The minimum absolute atomic E-state index is 0.0688. The molecule has 40 heavy (non-hydrogen) atoms. The van der Waals surface area contributed by atoms with Crippen LogP contribution < -0.4 is 10.6 Å². The molecule has 6 rings (SSSR count). The van der Waals surface area contributed by atoms with Crippen molar-refractivity contribution in [2.75, 3.05) is 13.1 Å². The molecule has 1 saturated carbocycles. The number of hydrogen-bond acceptors (Lipinski definition) is 7. The van der Waals surface area contributed by atoms with Gasteiger partial charge >= 0.3 is 6.18 Å². The van der Waals surface area contributed by atoms with Gasteiger partial charge in [-0.1, -0.05) is 13.8 Å². The first kappa shape index (κ1) is 26.8. The molecule has 3 aromatic rings. The molecule has 3 amide bonds. The lowest BCUT2D eigenvalue weighted by Gasteiger charge is -2.25. The van der Waals surface area contributed by atoms with Gasteiger partial charge in [-0.25, -0.2) is 4.98 Å². The van der Waals surface area contributed by atoms with Crippen LogP contribution in [-0.2, 0) is 22.3 Å². The summed E-state index contributed by atoms with van der Waals surface area (Å²) in [5, 5.41) is 6.20. The Balaban J connectivity index is 1.39. The number of likely N-dealkylation sites (tertiary alicyclic amines) is 1. The number of nitrogens with one attached hydrogen (secondary N) is 2. The van der Waals surface area contributed by atoms with Crippen molar-refractivity contribution < 1.29 is 27.6 Å². The number of imide groups is 1. The molecule has 0 radical (unpaired) electrons. The highest BCUT2D eigenvalue weighted by Crippen LogP contribution is 2.63. The maximum atomic E-state index is 13.8. The van der Waals surface area contributed by atoms with Gasteiger partial charge in [-0.15, -0.1) is 11.3 Å².